The highest BCUT2D eigenvalue weighted by Crippen LogP contribution is 1.84. The second kappa shape index (κ2) is 5.47. The number of halogens is 1. The second-order valence-corrected chi connectivity index (χ2v) is 1.01. The Balaban J connectivity index is 2.78. The molecular weight excluding hydrogens is 95.1 g/mol. The monoisotopic (exact) mass is 103 g/mol. The lowest BCUT2D eigenvalue weighted by Crippen LogP contribution is -1.64. The second-order valence-electron chi connectivity index (χ2n) is 1.01. The van der Waals surface area contributed by atoms with Crippen molar-refractivity contribution in [1.82, 2.24) is 0 Å². The van der Waals surface area contributed by atoms with E-state index in [9.17, 15) is 4.39 Å². The number of hydrogen-bond donors (Lipinski definition) is 0. The third kappa shape index (κ3) is 5.47. The molecule has 0 aliphatic rings. The lowest BCUT2D eigenvalue weighted by atomic mass is 10.5. The lowest BCUT2D eigenvalue weighted by Gasteiger charge is -1.83. The van der Waals surface area contributed by atoms with E-state index in [1.54, 1.807) is 6.08 Å². The molecule has 0 saturated carbocycles. The first-order valence-electron chi connectivity index (χ1n) is 2.14. The number of allylic oxidation sites excluding steroid dienone is 1. The summed E-state index contributed by atoms with van der Waals surface area (Å²) in [5.41, 5.74) is 0. The van der Waals surface area contributed by atoms with Gasteiger partial charge in [0.05, 0.1) is 6.26 Å². The van der Waals surface area contributed by atoms with Gasteiger partial charge < -0.3 is 4.74 Å². The molecule has 0 aliphatic heterocycles. The van der Waals surface area contributed by atoms with E-state index in [0.29, 0.717) is 0 Å². The van der Waals surface area contributed by atoms with Gasteiger partial charge in [0.1, 0.15) is 0 Å². The van der Waals surface area contributed by atoms with Gasteiger partial charge in [0.25, 0.3) is 0 Å². The van der Waals surface area contributed by atoms with E-state index in [-0.39, 0.29) is 6.86 Å². The third-order valence-electron chi connectivity index (χ3n) is 0.462. The van der Waals surface area contributed by atoms with Crippen LogP contribution in [0.3, 0.4) is 0 Å². The molecule has 0 spiro atoms. The van der Waals surface area contributed by atoms with Crippen LogP contribution in [0.5, 0.6) is 0 Å². The molecule has 1 nitrogen and oxygen atoms in total. The van der Waals surface area contributed by atoms with E-state index in [0.717, 1.165) is 6.42 Å². The Hall–Kier alpha value is -0.530. The van der Waals surface area contributed by atoms with Gasteiger partial charge in [0.15, 0.2) is 0 Å². The average Bonchev–Trinajstić information content (AvgIpc) is 1.69. The molecule has 0 aromatic rings. The van der Waals surface area contributed by atoms with Crippen molar-refractivity contribution in [3.63, 3.8) is 0 Å². The van der Waals surface area contributed by atoms with Crippen LogP contribution in [0.15, 0.2) is 12.3 Å². The molecule has 0 rings (SSSR count). The first-order chi connectivity index (χ1) is 3.41. The molecule has 0 saturated heterocycles. The smallest absolute Gasteiger partial charge is 0.304 e. The zero-order valence-corrected chi connectivity index (χ0v) is 4.23. The molecule has 0 atom stereocenters. The Morgan fingerprint density at radius 3 is 2.86 bits per heavy atom. The number of hydrogen-bond acceptors (Lipinski definition) is 1. The van der Waals surface area contributed by atoms with E-state index in [4.69, 9.17) is 0 Å². The van der Waals surface area contributed by atoms with Crippen molar-refractivity contribution in [2.75, 3.05) is 0 Å². The molecule has 0 N–H and O–H groups in total. The van der Waals surface area contributed by atoms with E-state index < -0.39 is 0 Å². The summed E-state index contributed by atoms with van der Waals surface area (Å²) < 4.78 is 15.0. The van der Waals surface area contributed by atoms with Crippen LogP contribution in [0.4, 0.5) is 4.39 Å². The SMILES string of the molecule is CC/C=C/O[CH]F. The van der Waals surface area contributed by atoms with Gasteiger partial charge in [-0.2, -0.15) is 4.39 Å². The van der Waals surface area contributed by atoms with Crippen molar-refractivity contribution in [2.24, 2.45) is 0 Å². The lowest BCUT2D eigenvalue weighted by molar-refractivity contribution is 0.230. The van der Waals surface area contributed by atoms with Gasteiger partial charge in [0.2, 0.25) is 0 Å². The quantitative estimate of drug-likeness (QED) is 0.496. The molecule has 0 aromatic heterocycles. The Morgan fingerprint density at radius 2 is 2.43 bits per heavy atom. The summed E-state index contributed by atoms with van der Waals surface area (Å²) in [6, 6.07) is 0. The number of ether oxygens (including phenoxy) is 1. The maximum Gasteiger partial charge on any atom is 0.304 e. The van der Waals surface area contributed by atoms with Crippen molar-refractivity contribution < 1.29 is 9.13 Å². The first kappa shape index (κ1) is 6.47. The van der Waals surface area contributed by atoms with E-state index >= 15 is 0 Å². The van der Waals surface area contributed by atoms with Crippen molar-refractivity contribution in [3.8, 4) is 0 Å². The van der Waals surface area contributed by atoms with Gasteiger partial charge in [-0.25, -0.2) is 0 Å². The van der Waals surface area contributed by atoms with Crippen LogP contribution in [-0.2, 0) is 4.74 Å². The third-order valence-corrected chi connectivity index (χ3v) is 0.462. The summed E-state index contributed by atoms with van der Waals surface area (Å²) >= 11 is 0. The molecule has 0 amide bonds. The van der Waals surface area contributed by atoms with E-state index in [1.165, 1.54) is 6.26 Å². The fraction of sp³-hybridized carbons (Fsp3) is 0.400. The molecule has 1 radical (unpaired) electrons. The minimum Gasteiger partial charge on any atom is -0.462 e. The standard InChI is InChI=1S/C5H8FO/c1-2-3-4-7-5-6/h3-5H,2H2,1H3/b4-3+. The molecule has 0 aromatic carbocycles. The summed E-state index contributed by atoms with van der Waals surface area (Å²) in [7, 11) is 0. The van der Waals surface area contributed by atoms with Gasteiger partial charge in [-0.3, -0.25) is 0 Å². The van der Waals surface area contributed by atoms with Gasteiger partial charge in [-0.1, -0.05) is 6.92 Å². The molecular formula is C5H8FO. The van der Waals surface area contributed by atoms with Crippen LogP contribution in [0.1, 0.15) is 13.3 Å². The zero-order valence-electron chi connectivity index (χ0n) is 4.23. The van der Waals surface area contributed by atoms with Crippen LogP contribution in [0, 0.1) is 6.86 Å². The van der Waals surface area contributed by atoms with Crippen molar-refractivity contribution >= 4 is 0 Å². The molecule has 0 fully saturated rings. The maximum atomic E-state index is 10.9. The van der Waals surface area contributed by atoms with Crippen molar-refractivity contribution in [2.45, 2.75) is 13.3 Å². The molecule has 0 aliphatic carbocycles. The predicted molar refractivity (Wildman–Crippen MR) is 25.9 cm³/mol. The van der Waals surface area contributed by atoms with E-state index in [2.05, 4.69) is 4.74 Å². The number of rotatable bonds is 3. The molecule has 0 bridgehead atoms. The fourth-order valence-electron chi connectivity index (χ4n) is 0.181. The highest BCUT2D eigenvalue weighted by molar-refractivity contribution is 4.70. The average molecular weight is 103 g/mol. The topological polar surface area (TPSA) is 9.23 Å². The molecule has 41 valence electrons. The van der Waals surface area contributed by atoms with Crippen LogP contribution < -0.4 is 0 Å². The maximum absolute atomic E-state index is 10.9. The summed E-state index contributed by atoms with van der Waals surface area (Å²) in [6.07, 6.45) is 3.89. The molecule has 0 heterocycles. The predicted octanol–water partition coefficient (Wildman–Crippen LogP) is 2.02. The first-order valence-corrected chi connectivity index (χ1v) is 2.14. The molecule has 0 unspecified atom stereocenters. The Labute approximate surface area is 42.8 Å². The Morgan fingerprint density at radius 1 is 1.71 bits per heavy atom. The minimum absolute atomic E-state index is 0.145. The van der Waals surface area contributed by atoms with Gasteiger partial charge in [-0.05, 0) is 12.5 Å². The summed E-state index contributed by atoms with van der Waals surface area (Å²) in [5.74, 6) is 0. The highest BCUT2D eigenvalue weighted by Gasteiger charge is 1.69. The van der Waals surface area contributed by atoms with Gasteiger partial charge in [-0.15, -0.1) is 0 Å². The minimum atomic E-state index is 0.145. The van der Waals surface area contributed by atoms with Crippen LogP contribution in [-0.4, -0.2) is 0 Å². The summed E-state index contributed by atoms with van der Waals surface area (Å²) in [4.78, 5) is 0. The van der Waals surface area contributed by atoms with Gasteiger partial charge in [0, 0.05) is 0 Å². The Bertz CT molecular complexity index is 52.0. The van der Waals surface area contributed by atoms with Gasteiger partial charge >= 0.3 is 6.86 Å². The van der Waals surface area contributed by atoms with Crippen molar-refractivity contribution in [3.05, 3.63) is 19.2 Å². The molecule has 7 heavy (non-hydrogen) atoms. The normalized spacial score (nSPS) is 10.0. The fourth-order valence-corrected chi connectivity index (χ4v) is 0.181. The Kier molecular flexibility index (Phi) is 5.06. The largest absolute Gasteiger partial charge is 0.462 e. The molecule has 2 heteroatoms. The van der Waals surface area contributed by atoms with E-state index in [1.807, 2.05) is 6.92 Å². The van der Waals surface area contributed by atoms with Crippen LogP contribution >= 0.6 is 0 Å². The zero-order chi connectivity index (χ0) is 5.54. The highest BCUT2D eigenvalue weighted by atomic mass is 19.1. The summed E-state index contributed by atoms with van der Waals surface area (Å²) in [6.45, 7) is 2.09. The summed E-state index contributed by atoms with van der Waals surface area (Å²) in [5, 5.41) is 0. The van der Waals surface area contributed by atoms with Crippen LogP contribution in [0.2, 0.25) is 0 Å². The van der Waals surface area contributed by atoms with Crippen LogP contribution in [0.25, 0.3) is 0 Å². The van der Waals surface area contributed by atoms with Crippen molar-refractivity contribution in [1.29, 1.82) is 0 Å².